The van der Waals surface area contributed by atoms with E-state index in [-0.39, 0.29) is 13.2 Å². The Labute approximate surface area is 173 Å². The van der Waals surface area contributed by atoms with E-state index < -0.39 is 11.5 Å². The standard InChI is InChI=1S/C22H22N2O6/c1-27-18-11-16(12-19(28-2)22(18)29-3)17-9-10-20(25)24(23-17)13-21(26)30-14-15-7-5-4-6-8-15/h4-12H,13-14H2,1-3H3. The van der Waals surface area contributed by atoms with Gasteiger partial charge in [-0.1, -0.05) is 30.3 Å². The van der Waals surface area contributed by atoms with Gasteiger partial charge in [-0.25, -0.2) is 4.68 Å². The van der Waals surface area contributed by atoms with Crippen molar-refractivity contribution >= 4 is 5.97 Å². The van der Waals surface area contributed by atoms with Gasteiger partial charge in [0.25, 0.3) is 5.56 Å². The van der Waals surface area contributed by atoms with E-state index in [2.05, 4.69) is 5.10 Å². The lowest BCUT2D eigenvalue weighted by Crippen LogP contribution is -2.27. The van der Waals surface area contributed by atoms with E-state index in [1.54, 1.807) is 18.2 Å². The molecule has 1 heterocycles. The Morgan fingerprint density at radius 2 is 1.60 bits per heavy atom. The molecule has 0 amide bonds. The van der Waals surface area contributed by atoms with Crippen LogP contribution in [0.4, 0.5) is 0 Å². The van der Waals surface area contributed by atoms with Gasteiger partial charge in [0, 0.05) is 11.6 Å². The van der Waals surface area contributed by atoms with Gasteiger partial charge in [0.1, 0.15) is 13.2 Å². The summed E-state index contributed by atoms with van der Waals surface area (Å²) in [6, 6.07) is 15.6. The minimum Gasteiger partial charge on any atom is -0.493 e. The lowest BCUT2D eigenvalue weighted by Gasteiger charge is -2.14. The summed E-state index contributed by atoms with van der Waals surface area (Å²) in [5.41, 5.74) is 1.54. The number of benzene rings is 2. The van der Waals surface area contributed by atoms with Gasteiger partial charge in [-0.15, -0.1) is 0 Å². The highest BCUT2D eigenvalue weighted by Gasteiger charge is 2.16. The van der Waals surface area contributed by atoms with E-state index in [0.29, 0.717) is 28.5 Å². The smallest absolute Gasteiger partial charge is 0.328 e. The summed E-state index contributed by atoms with van der Waals surface area (Å²) in [5.74, 6) is 0.791. The van der Waals surface area contributed by atoms with E-state index in [4.69, 9.17) is 18.9 Å². The summed E-state index contributed by atoms with van der Waals surface area (Å²) in [5, 5.41) is 4.30. The van der Waals surface area contributed by atoms with Gasteiger partial charge in [-0.2, -0.15) is 5.10 Å². The molecule has 156 valence electrons. The zero-order chi connectivity index (χ0) is 21.5. The van der Waals surface area contributed by atoms with Crippen LogP contribution in [0, 0.1) is 0 Å². The number of nitrogens with zero attached hydrogens (tertiary/aromatic N) is 2. The van der Waals surface area contributed by atoms with Crippen molar-refractivity contribution in [3.05, 3.63) is 70.5 Å². The summed E-state index contributed by atoms with van der Waals surface area (Å²) >= 11 is 0. The average molecular weight is 410 g/mol. The minimum absolute atomic E-state index is 0.126. The topological polar surface area (TPSA) is 88.9 Å². The first-order valence-electron chi connectivity index (χ1n) is 9.13. The molecule has 0 unspecified atom stereocenters. The molecule has 3 rings (SSSR count). The van der Waals surface area contributed by atoms with Crippen molar-refractivity contribution in [3.8, 4) is 28.5 Å². The van der Waals surface area contributed by atoms with Crippen molar-refractivity contribution in [3.63, 3.8) is 0 Å². The summed E-state index contributed by atoms with van der Waals surface area (Å²) in [7, 11) is 4.54. The molecule has 0 spiro atoms. The van der Waals surface area contributed by atoms with E-state index in [9.17, 15) is 9.59 Å². The predicted molar refractivity (Wildman–Crippen MR) is 110 cm³/mol. The molecule has 0 saturated heterocycles. The number of hydrogen-bond donors (Lipinski definition) is 0. The number of methoxy groups -OCH3 is 3. The van der Waals surface area contributed by atoms with E-state index in [1.807, 2.05) is 30.3 Å². The predicted octanol–water partition coefficient (Wildman–Crippen LogP) is 2.68. The van der Waals surface area contributed by atoms with E-state index >= 15 is 0 Å². The number of carbonyl (C=O) groups is 1. The Balaban J connectivity index is 1.83. The normalized spacial score (nSPS) is 10.4. The quantitative estimate of drug-likeness (QED) is 0.528. The average Bonchev–Trinajstić information content (AvgIpc) is 2.78. The number of rotatable bonds is 8. The fourth-order valence-electron chi connectivity index (χ4n) is 2.85. The van der Waals surface area contributed by atoms with E-state index in [0.717, 1.165) is 10.2 Å². The van der Waals surface area contributed by atoms with Crippen LogP contribution in [0.2, 0.25) is 0 Å². The van der Waals surface area contributed by atoms with Gasteiger partial charge in [0.05, 0.1) is 27.0 Å². The molecule has 0 aliphatic heterocycles. The van der Waals surface area contributed by atoms with Gasteiger partial charge in [-0.05, 0) is 23.8 Å². The maximum Gasteiger partial charge on any atom is 0.328 e. The van der Waals surface area contributed by atoms with Crippen LogP contribution in [0.5, 0.6) is 17.2 Å². The fourth-order valence-corrected chi connectivity index (χ4v) is 2.85. The van der Waals surface area contributed by atoms with Crippen LogP contribution in [-0.2, 0) is 22.7 Å². The Morgan fingerprint density at radius 1 is 0.933 bits per heavy atom. The molecule has 3 aromatic rings. The molecule has 0 aliphatic rings. The molecular formula is C22H22N2O6. The van der Waals surface area contributed by atoms with Crippen molar-refractivity contribution in [2.24, 2.45) is 0 Å². The molecule has 0 N–H and O–H groups in total. The Kier molecular flexibility index (Phi) is 6.69. The lowest BCUT2D eigenvalue weighted by molar-refractivity contribution is -0.146. The molecule has 0 fully saturated rings. The van der Waals surface area contributed by atoms with E-state index in [1.165, 1.54) is 27.4 Å². The second-order valence-electron chi connectivity index (χ2n) is 6.27. The van der Waals surface area contributed by atoms with Gasteiger partial charge in [0.2, 0.25) is 5.75 Å². The second-order valence-corrected chi connectivity index (χ2v) is 6.27. The Morgan fingerprint density at radius 3 is 2.20 bits per heavy atom. The second kappa shape index (κ2) is 9.60. The first-order valence-corrected chi connectivity index (χ1v) is 9.13. The van der Waals surface area contributed by atoms with Crippen LogP contribution < -0.4 is 19.8 Å². The summed E-state index contributed by atoms with van der Waals surface area (Å²) < 4.78 is 22.3. The highest BCUT2D eigenvalue weighted by molar-refractivity contribution is 5.70. The molecule has 1 aromatic heterocycles. The summed E-state index contributed by atoms with van der Waals surface area (Å²) in [6.07, 6.45) is 0. The van der Waals surface area contributed by atoms with Gasteiger partial charge in [-0.3, -0.25) is 9.59 Å². The summed E-state index contributed by atoms with van der Waals surface area (Å²) in [4.78, 5) is 24.4. The fraction of sp³-hybridized carbons (Fsp3) is 0.227. The zero-order valence-electron chi connectivity index (χ0n) is 17.0. The molecule has 0 aliphatic carbocycles. The molecule has 0 radical (unpaired) electrons. The third-order valence-electron chi connectivity index (χ3n) is 4.35. The Bertz CT molecular complexity index is 1050. The van der Waals surface area contributed by atoms with Crippen LogP contribution in [0.25, 0.3) is 11.3 Å². The van der Waals surface area contributed by atoms with Gasteiger partial charge >= 0.3 is 5.97 Å². The molecule has 0 atom stereocenters. The maximum absolute atomic E-state index is 12.2. The monoisotopic (exact) mass is 410 g/mol. The van der Waals surface area contributed by atoms with Gasteiger partial charge in [0.15, 0.2) is 11.5 Å². The third kappa shape index (κ3) is 4.78. The van der Waals surface area contributed by atoms with Crippen molar-refractivity contribution in [2.75, 3.05) is 21.3 Å². The minimum atomic E-state index is -0.560. The molecular weight excluding hydrogens is 388 g/mol. The third-order valence-corrected chi connectivity index (χ3v) is 4.35. The Hall–Kier alpha value is -3.81. The summed E-state index contributed by atoms with van der Waals surface area (Å²) in [6.45, 7) is -0.176. The number of ether oxygens (including phenoxy) is 4. The van der Waals surface area contributed by atoms with Crippen LogP contribution >= 0.6 is 0 Å². The molecule has 0 bridgehead atoms. The first-order chi connectivity index (χ1) is 14.5. The molecule has 0 saturated carbocycles. The number of carbonyl (C=O) groups excluding carboxylic acids is 1. The molecule has 30 heavy (non-hydrogen) atoms. The van der Waals surface area contributed by atoms with Crippen LogP contribution in [0.1, 0.15) is 5.56 Å². The van der Waals surface area contributed by atoms with Crippen molar-refractivity contribution in [2.45, 2.75) is 13.2 Å². The largest absolute Gasteiger partial charge is 0.493 e. The van der Waals surface area contributed by atoms with Crippen LogP contribution in [0.15, 0.2) is 59.4 Å². The number of esters is 1. The zero-order valence-corrected chi connectivity index (χ0v) is 17.0. The molecule has 2 aromatic carbocycles. The van der Waals surface area contributed by atoms with Gasteiger partial charge < -0.3 is 18.9 Å². The molecule has 8 heteroatoms. The maximum atomic E-state index is 12.2. The first kappa shape index (κ1) is 20.9. The number of hydrogen-bond acceptors (Lipinski definition) is 7. The SMILES string of the molecule is COc1cc(-c2ccc(=O)n(CC(=O)OCc3ccccc3)n2)cc(OC)c1OC. The van der Waals surface area contributed by atoms with Crippen molar-refractivity contribution in [1.29, 1.82) is 0 Å². The molecule has 8 nitrogen and oxygen atoms in total. The lowest BCUT2D eigenvalue weighted by atomic mass is 10.1. The highest BCUT2D eigenvalue weighted by Crippen LogP contribution is 2.40. The van der Waals surface area contributed by atoms with Crippen LogP contribution in [-0.4, -0.2) is 37.1 Å². The van der Waals surface area contributed by atoms with Crippen molar-refractivity contribution < 1.29 is 23.7 Å². The van der Waals surface area contributed by atoms with Crippen molar-refractivity contribution in [1.82, 2.24) is 9.78 Å². The van der Waals surface area contributed by atoms with Crippen LogP contribution in [0.3, 0.4) is 0 Å². The number of aromatic nitrogens is 2. The highest BCUT2D eigenvalue weighted by atomic mass is 16.5.